The van der Waals surface area contributed by atoms with Gasteiger partial charge >= 0.3 is 5.97 Å². The van der Waals surface area contributed by atoms with Gasteiger partial charge in [-0.2, -0.15) is 10.1 Å². The average molecular weight is 371 g/mol. The van der Waals surface area contributed by atoms with E-state index in [9.17, 15) is 14.7 Å². The second-order valence-electron chi connectivity index (χ2n) is 7.74. The Labute approximate surface area is 157 Å². The summed E-state index contributed by atoms with van der Waals surface area (Å²) in [5.41, 5.74) is 2.75. The first kappa shape index (κ1) is 17.9. The third-order valence-corrected chi connectivity index (χ3v) is 6.24. The molecule has 0 unspecified atom stereocenters. The Hall–Kier alpha value is -2.51. The van der Waals surface area contributed by atoms with Crippen LogP contribution in [0, 0.1) is 19.8 Å². The zero-order valence-electron chi connectivity index (χ0n) is 15.8. The number of hydrogen-bond donors (Lipinski definition) is 1. The smallest absolute Gasteiger partial charge is 0.326 e. The molecule has 27 heavy (non-hydrogen) atoms. The third-order valence-electron chi connectivity index (χ3n) is 6.24. The Morgan fingerprint density at radius 2 is 2.04 bits per heavy atom. The van der Waals surface area contributed by atoms with Crippen molar-refractivity contribution in [3.05, 3.63) is 23.3 Å². The number of carboxylic acids is 1. The number of nitrogens with zero attached hydrogens (tertiary/aromatic N) is 5. The molecule has 2 aromatic rings. The zero-order chi connectivity index (χ0) is 19.1. The molecule has 2 aliphatic rings. The minimum absolute atomic E-state index is 0.0608. The highest BCUT2D eigenvalue weighted by Gasteiger charge is 2.47. The van der Waals surface area contributed by atoms with Crippen molar-refractivity contribution >= 4 is 17.7 Å². The number of likely N-dealkylation sites (tertiary alicyclic amines) is 1. The van der Waals surface area contributed by atoms with Crippen molar-refractivity contribution in [1.82, 2.24) is 24.5 Å². The summed E-state index contributed by atoms with van der Waals surface area (Å²) in [7, 11) is 0. The van der Waals surface area contributed by atoms with Crippen LogP contribution in [0.2, 0.25) is 0 Å². The monoisotopic (exact) mass is 371 g/mol. The van der Waals surface area contributed by atoms with Crippen LogP contribution < -0.4 is 0 Å². The van der Waals surface area contributed by atoms with Gasteiger partial charge in [0.1, 0.15) is 12.4 Å². The third kappa shape index (κ3) is 3.07. The Kier molecular flexibility index (Phi) is 4.57. The minimum atomic E-state index is -0.879. The molecule has 8 nitrogen and oxygen atoms in total. The van der Waals surface area contributed by atoms with Crippen LogP contribution in [0.25, 0.3) is 5.78 Å². The maximum absolute atomic E-state index is 13.0. The van der Waals surface area contributed by atoms with E-state index in [2.05, 4.69) is 15.1 Å². The highest BCUT2D eigenvalue weighted by molar-refractivity contribution is 5.85. The van der Waals surface area contributed by atoms with Gasteiger partial charge in [-0.05, 0) is 51.0 Å². The molecule has 1 saturated heterocycles. The normalized spacial score (nSPS) is 25.0. The van der Waals surface area contributed by atoms with Gasteiger partial charge in [0.15, 0.2) is 0 Å². The van der Waals surface area contributed by atoms with Crippen molar-refractivity contribution < 1.29 is 14.7 Å². The fraction of sp³-hybridized carbons (Fsp3) is 0.632. The van der Waals surface area contributed by atoms with Crippen LogP contribution in [0.3, 0.4) is 0 Å². The number of carboxylic acid groups (broad SMARTS) is 1. The number of aromatic nitrogens is 4. The van der Waals surface area contributed by atoms with E-state index in [0.29, 0.717) is 24.5 Å². The first-order valence-electron chi connectivity index (χ1n) is 9.67. The van der Waals surface area contributed by atoms with E-state index in [4.69, 9.17) is 0 Å². The molecule has 3 heterocycles. The predicted molar refractivity (Wildman–Crippen MR) is 97.2 cm³/mol. The van der Waals surface area contributed by atoms with E-state index in [0.717, 1.165) is 42.6 Å². The lowest BCUT2D eigenvalue weighted by molar-refractivity contribution is -0.149. The second-order valence-corrected chi connectivity index (χ2v) is 7.74. The Morgan fingerprint density at radius 3 is 2.81 bits per heavy atom. The van der Waals surface area contributed by atoms with Gasteiger partial charge < -0.3 is 10.0 Å². The second kappa shape index (κ2) is 6.90. The molecule has 0 bridgehead atoms. The number of amides is 1. The molecular formula is C19H25N5O3. The molecule has 3 atom stereocenters. The summed E-state index contributed by atoms with van der Waals surface area (Å²) in [4.78, 5) is 35.0. The molecule has 8 heteroatoms. The summed E-state index contributed by atoms with van der Waals surface area (Å²) >= 11 is 0. The maximum atomic E-state index is 13.0. The number of carbonyl (C=O) groups is 2. The summed E-state index contributed by atoms with van der Waals surface area (Å²) in [6, 6.07) is -0.589. The number of aliphatic carboxylic acids is 1. The van der Waals surface area contributed by atoms with E-state index in [1.807, 2.05) is 13.8 Å². The molecule has 2 aromatic heterocycles. The topological polar surface area (TPSA) is 101 Å². The Bertz CT molecular complexity index is 893. The first-order chi connectivity index (χ1) is 13.0. The molecule has 1 saturated carbocycles. The Morgan fingerprint density at radius 1 is 1.26 bits per heavy atom. The van der Waals surface area contributed by atoms with Crippen LogP contribution in [-0.2, 0) is 16.0 Å². The van der Waals surface area contributed by atoms with Crippen LogP contribution in [0.4, 0.5) is 0 Å². The maximum Gasteiger partial charge on any atom is 0.326 e. The lowest BCUT2D eigenvalue weighted by atomic mass is 9.84. The van der Waals surface area contributed by atoms with Crippen molar-refractivity contribution in [2.24, 2.45) is 5.92 Å². The van der Waals surface area contributed by atoms with Gasteiger partial charge in [-0.25, -0.2) is 14.3 Å². The first-order valence-corrected chi connectivity index (χ1v) is 9.67. The van der Waals surface area contributed by atoms with Gasteiger partial charge in [0.25, 0.3) is 5.78 Å². The molecule has 1 aliphatic heterocycles. The molecule has 2 fully saturated rings. The van der Waals surface area contributed by atoms with Gasteiger partial charge in [0.05, 0.1) is 0 Å². The molecular weight excluding hydrogens is 346 g/mol. The van der Waals surface area contributed by atoms with Crippen molar-refractivity contribution in [3.63, 3.8) is 0 Å². The van der Waals surface area contributed by atoms with Crippen LogP contribution >= 0.6 is 0 Å². The quantitative estimate of drug-likeness (QED) is 0.881. The molecule has 1 amide bonds. The van der Waals surface area contributed by atoms with E-state index < -0.39 is 12.0 Å². The molecule has 0 radical (unpaired) electrons. The zero-order valence-corrected chi connectivity index (χ0v) is 15.8. The summed E-state index contributed by atoms with van der Waals surface area (Å²) in [6.07, 6.45) is 7.04. The van der Waals surface area contributed by atoms with Crippen molar-refractivity contribution in [2.45, 2.75) is 70.9 Å². The van der Waals surface area contributed by atoms with Gasteiger partial charge in [0, 0.05) is 23.9 Å². The SMILES string of the molecule is Cc1nc2ncnn2c(C)c1CCC(=O)N1[C@@H]2CCCC[C@@H]2C[C@H]1C(=O)O. The van der Waals surface area contributed by atoms with Crippen LogP contribution in [0.15, 0.2) is 6.33 Å². The van der Waals surface area contributed by atoms with E-state index >= 15 is 0 Å². The van der Waals surface area contributed by atoms with E-state index in [-0.39, 0.29) is 18.4 Å². The average Bonchev–Trinajstić information content (AvgIpc) is 3.25. The van der Waals surface area contributed by atoms with Crippen LogP contribution in [-0.4, -0.2) is 53.5 Å². The number of aryl methyl sites for hydroxylation is 2. The lowest BCUT2D eigenvalue weighted by Crippen LogP contribution is -2.46. The van der Waals surface area contributed by atoms with Gasteiger partial charge in [-0.15, -0.1) is 0 Å². The molecule has 0 spiro atoms. The predicted octanol–water partition coefficient (Wildman–Crippen LogP) is 1.92. The molecule has 1 aliphatic carbocycles. The van der Waals surface area contributed by atoms with Gasteiger partial charge in [-0.1, -0.05) is 12.8 Å². The number of carbonyl (C=O) groups excluding carboxylic acids is 1. The van der Waals surface area contributed by atoms with E-state index in [1.165, 1.54) is 6.33 Å². The van der Waals surface area contributed by atoms with Crippen molar-refractivity contribution in [2.75, 3.05) is 0 Å². The van der Waals surface area contributed by atoms with Gasteiger partial charge in [0.2, 0.25) is 5.91 Å². The van der Waals surface area contributed by atoms with Crippen molar-refractivity contribution in [1.29, 1.82) is 0 Å². The molecule has 144 valence electrons. The summed E-state index contributed by atoms with van der Waals surface area (Å²) < 4.78 is 1.68. The lowest BCUT2D eigenvalue weighted by Gasteiger charge is -2.33. The molecule has 0 aromatic carbocycles. The molecule has 4 rings (SSSR count). The fourth-order valence-corrected chi connectivity index (χ4v) is 4.92. The summed E-state index contributed by atoms with van der Waals surface area (Å²) in [6.45, 7) is 3.86. The van der Waals surface area contributed by atoms with Crippen LogP contribution in [0.5, 0.6) is 0 Å². The fourth-order valence-electron chi connectivity index (χ4n) is 4.92. The van der Waals surface area contributed by atoms with Gasteiger partial charge in [-0.3, -0.25) is 4.79 Å². The van der Waals surface area contributed by atoms with Crippen LogP contribution in [0.1, 0.15) is 55.5 Å². The molecule has 1 N–H and O–H groups in total. The highest BCUT2D eigenvalue weighted by Crippen LogP contribution is 2.40. The minimum Gasteiger partial charge on any atom is -0.480 e. The summed E-state index contributed by atoms with van der Waals surface area (Å²) in [5.74, 6) is -0.0545. The largest absolute Gasteiger partial charge is 0.480 e. The summed E-state index contributed by atoms with van der Waals surface area (Å²) in [5, 5.41) is 13.8. The highest BCUT2D eigenvalue weighted by atomic mass is 16.4. The number of rotatable bonds is 4. The Balaban J connectivity index is 1.54. The number of fused-ring (bicyclic) bond motifs is 2. The van der Waals surface area contributed by atoms with E-state index in [1.54, 1.807) is 9.42 Å². The number of hydrogen-bond acceptors (Lipinski definition) is 5. The standard InChI is InChI=1S/C19H25N5O3/c1-11-14(12(2)24-19(22-11)20-10-21-24)7-8-17(25)23-15-6-4-3-5-13(15)9-16(23)18(26)27/h10,13,15-16H,3-9H2,1-2H3,(H,26,27)/t13-,15-,16+/m1/s1. The van der Waals surface area contributed by atoms with Crippen molar-refractivity contribution in [3.8, 4) is 0 Å².